The molecule has 0 aromatic heterocycles. The van der Waals surface area contributed by atoms with E-state index in [0.29, 0.717) is 0 Å². The molecule has 1 aliphatic carbocycles. The molecule has 0 unspecified atom stereocenters. The summed E-state index contributed by atoms with van der Waals surface area (Å²) in [5.41, 5.74) is 0.0801. The maximum absolute atomic E-state index is 12.3. The molecule has 1 N–H and O–H groups in total. The van der Waals surface area contributed by atoms with Gasteiger partial charge in [0.25, 0.3) is 0 Å². The molecule has 0 heterocycles. The average Bonchev–Trinajstić information content (AvgIpc) is 2.05. The highest BCUT2D eigenvalue weighted by Gasteiger charge is 2.43. The highest BCUT2D eigenvalue weighted by Crippen LogP contribution is 2.42. The van der Waals surface area contributed by atoms with Crippen LogP contribution in [0.25, 0.3) is 0 Å². The Morgan fingerprint density at radius 2 is 1.47 bits per heavy atom. The lowest BCUT2D eigenvalue weighted by Gasteiger charge is -2.45. The van der Waals surface area contributed by atoms with Gasteiger partial charge >= 0.3 is 0 Å². The monoisotopic (exact) mass is 239 g/mol. The molecular formula is C15H29NO. The van der Waals surface area contributed by atoms with E-state index in [9.17, 15) is 4.79 Å². The lowest BCUT2D eigenvalue weighted by Crippen LogP contribution is -2.56. The van der Waals surface area contributed by atoms with E-state index in [4.69, 9.17) is 0 Å². The van der Waals surface area contributed by atoms with Crippen LogP contribution in [0.15, 0.2) is 0 Å². The molecular weight excluding hydrogens is 210 g/mol. The van der Waals surface area contributed by atoms with Crippen molar-refractivity contribution < 1.29 is 4.79 Å². The van der Waals surface area contributed by atoms with Crippen LogP contribution in [0.5, 0.6) is 0 Å². The summed E-state index contributed by atoms with van der Waals surface area (Å²) in [6, 6.07) is 0.208. The molecule has 0 aliphatic heterocycles. The van der Waals surface area contributed by atoms with Crippen molar-refractivity contribution in [3.8, 4) is 0 Å². The van der Waals surface area contributed by atoms with Gasteiger partial charge in [0, 0.05) is 11.5 Å². The topological polar surface area (TPSA) is 29.1 Å². The van der Waals surface area contributed by atoms with Crippen molar-refractivity contribution in [1.82, 2.24) is 5.32 Å². The van der Waals surface area contributed by atoms with Gasteiger partial charge in [-0.2, -0.15) is 0 Å². The van der Waals surface area contributed by atoms with Gasteiger partial charge < -0.3 is 5.32 Å². The first kappa shape index (κ1) is 14.5. The lowest BCUT2D eigenvalue weighted by atomic mass is 9.67. The van der Waals surface area contributed by atoms with E-state index in [1.807, 2.05) is 0 Å². The van der Waals surface area contributed by atoms with E-state index < -0.39 is 0 Å². The summed E-state index contributed by atoms with van der Waals surface area (Å²) in [5, 5.41) is 3.30. The Morgan fingerprint density at radius 3 is 1.71 bits per heavy atom. The molecule has 0 aromatic carbocycles. The third-order valence-corrected chi connectivity index (χ3v) is 4.01. The average molecular weight is 239 g/mol. The van der Waals surface area contributed by atoms with Crippen molar-refractivity contribution in [1.29, 1.82) is 0 Å². The Labute approximate surface area is 107 Å². The molecule has 0 bridgehead atoms. The van der Waals surface area contributed by atoms with Gasteiger partial charge in [-0.1, -0.05) is 54.9 Å². The van der Waals surface area contributed by atoms with Crippen LogP contribution >= 0.6 is 0 Å². The molecule has 0 atom stereocenters. The molecule has 1 aliphatic rings. The summed E-state index contributed by atoms with van der Waals surface area (Å²) in [5.74, 6) is 0.249. The molecule has 0 spiro atoms. The third kappa shape index (κ3) is 3.23. The van der Waals surface area contributed by atoms with Crippen LogP contribution in [0.1, 0.15) is 67.7 Å². The number of amides is 1. The largest absolute Gasteiger partial charge is 0.352 e. The van der Waals surface area contributed by atoms with Crippen LogP contribution in [0, 0.1) is 16.2 Å². The number of carbonyl (C=O) groups excluding carboxylic acids is 1. The molecule has 0 aromatic rings. The first-order valence-electron chi connectivity index (χ1n) is 6.78. The maximum atomic E-state index is 12.3. The summed E-state index contributed by atoms with van der Waals surface area (Å²) < 4.78 is 0. The van der Waals surface area contributed by atoms with Crippen LogP contribution in [-0.2, 0) is 4.79 Å². The molecule has 1 rings (SSSR count). The van der Waals surface area contributed by atoms with E-state index >= 15 is 0 Å². The van der Waals surface area contributed by atoms with Crippen LogP contribution in [0.3, 0.4) is 0 Å². The predicted molar refractivity (Wildman–Crippen MR) is 72.8 cm³/mol. The first-order valence-corrected chi connectivity index (χ1v) is 6.78. The van der Waals surface area contributed by atoms with Crippen LogP contribution in [0.2, 0.25) is 0 Å². The van der Waals surface area contributed by atoms with Gasteiger partial charge in [-0.15, -0.1) is 0 Å². The summed E-state index contributed by atoms with van der Waals surface area (Å²) in [7, 11) is 0. The maximum Gasteiger partial charge on any atom is 0.226 e. The predicted octanol–water partition coefficient (Wildman–Crippen LogP) is 3.75. The van der Waals surface area contributed by atoms with E-state index in [0.717, 1.165) is 12.8 Å². The van der Waals surface area contributed by atoms with Crippen LogP contribution in [0.4, 0.5) is 0 Å². The molecule has 0 saturated heterocycles. The Hall–Kier alpha value is -0.530. The Balaban J connectivity index is 2.78. The standard InChI is InChI=1S/C15H29NO/c1-13(2,3)11(14(4,5)6)16-12(17)15(7)9-8-10-15/h11H,8-10H2,1-7H3,(H,16,17). The normalized spacial score (nSPS) is 20.0. The zero-order chi connectivity index (χ0) is 13.5. The van der Waals surface area contributed by atoms with Crippen molar-refractivity contribution in [3.05, 3.63) is 0 Å². The van der Waals surface area contributed by atoms with Gasteiger partial charge in [0.15, 0.2) is 0 Å². The summed E-state index contributed by atoms with van der Waals surface area (Å²) in [4.78, 5) is 12.3. The van der Waals surface area contributed by atoms with E-state index in [1.54, 1.807) is 0 Å². The number of hydrogen-bond donors (Lipinski definition) is 1. The van der Waals surface area contributed by atoms with E-state index in [2.05, 4.69) is 53.8 Å². The number of nitrogens with one attached hydrogen (secondary N) is 1. The number of carbonyl (C=O) groups is 1. The van der Waals surface area contributed by atoms with Gasteiger partial charge in [-0.3, -0.25) is 4.79 Å². The molecule has 2 heteroatoms. The van der Waals surface area contributed by atoms with Gasteiger partial charge in [0.2, 0.25) is 5.91 Å². The molecule has 1 fully saturated rings. The highest BCUT2D eigenvalue weighted by molar-refractivity contribution is 5.83. The van der Waals surface area contributed by atoms with Gasteiger partial charge in [0.1, 0.15) is 0 Å². The molecule has 1 saturated carbocycles. The highest BCUT2D eigenvalue weighted by atomic mass is 16.2. The van der Waals surface area contributed by atoms with Gasteiger partial charge in [-0.05, 0) is 23.7 Å². The van der Waals surface area contributed by atoms with E-state index in [1.165, 1.54) is 6.42 Å². The fourth-order valence-corrected chi connectivity index (χ4v) is 2.97. The Bertz CT molecular complexity index is 275. The van der Waals surface area contributed by atoms with Gasteiger partial charge in [0.05, 0.1) is 0 Å². The second-order valence-electron chi connectivity index (χ2n) is 8.05. The first-order chi connectivity index (χ1) is 7.47. The van der Waals surface area contributed by atoms with Crippen molar-refractivity contribution >= 4 is 5.91 Å². The second-order valence-corrected chi connectivity index (χ2v) is 8.05. The van der Waals surface area contributed by atoms with E-state index in [-0.39, 0.29) is 28.2 Å². The van der Waals surface area contributed by atoms with Crippen molar-refractivity contribution in [2.45, 2.75) is 73.8 Å². The number of rotatable bonds is 2. The lowest BCUT2D eigenvalue weighted by molar-refractivity contribution is -0.137. The molecule has 0 radical (unpaired) electrons. The number of hydrogen-bond acceptors (Lipinski definition) is 1. The molecule has 1 amide bonds. The molecule has 17 heavy (non-hydrogen) atoms. The third-order valence-electron chi connectivity index (χ3n) is 4.01. The summed E-state index contributed by atoms with van der Waals surface area (Å²) in [6.07, 6.45) is 3.28. The van der Waals surface area contributed by atoms with Gasteiger partial charge in [-0.25, -0.2) is 0 Å². The SMILES string of the molecule is CC1(C(=O)NC(C(C)(C)C)C(C)(C)C)CCC1. The van der Waals surface area contributed by atoms with Crippen LogP contribution < -0.4 is 5.32 Å². The fourth-order valence-electron chi connectivity index (χ4n) is 2.97. The van der Waals surface area contributed by atoms with Crippen LogP contribution in [-0.4, -0.2) is 11.9 Å². The van der Waals surface area contributed by atoms with Crippen molar-refractivity contribution in [2.24, 2.45) is 16.2 Å². The second kappa shape index (κ2) is 4.29. The smallest absolute Gasteiger partial charge is 0.226 e. The summed E-state index contributed by atoms with van der Waals surface area (Å²) in [6.45, 7) is 15.3. The fraction of sp³-hybridized carbons (Fsp3) is 0.933. The quantitative estimate of drug-likeness (QED) is 0.781. The minimum atomic E-state index is -0.102. The summed E-state index contributed by atoms with van der Waals surface area (Å²) >= 11 is 0. The van der Waals surface area contributed by atoms with Crippen molar-refractivity contribution in [3.63, 3.8) is 0 Å². The minimum absolute atomic E-state index is 0.0913. The minimum Gasteiger partial charge on any atom is -0.352 e. The Morgan fingerprint density at radius 1 is 1.06 bits per heavy atom. The molecule has 2 nitrogen and oxygen atoms in total. The molecule has 100 valence electrons. The van der Waals surface area contributed by atoms with Crippen molar-refractivity contribution in [2.75, 3.05) is 0 Å². The Kier molecular flexibility index (Phi) is 3.67. The zero-order valence-corrected chi connectivity index (χ0v) is 12.6. The zero-order valence-electron chi connectivity index (χ0n) is 12.6.